The largest absolute Gasteiger partial charge is 0.301 e. The number of nitrogens with zero attached hydrogens (tertiary/aromatic N) is 1. The zero-order valence-electron chi connectivity index (χ0n) is 8.73. The van der Waals surface area contributed by atoms with Crippen LogP contribution in [0.5, 0.6) is 0 Å². The van der Waals surface area contributed by atoms with Gasteiger partial charge in [-0.25, -0.2) is 0 Å². The van der Waals surface area contributed by atoms with Crippen molar-refractivity contribution in [1.82, 2.24) is 5.32 Å². The molecule has 78 valence electrons. The van der Waals surface area contributed by atoms with E-state index in [0.717, 1.165) is 18.0 Å². The lowest BCUT2D eigenvalue weighted by Crippen LogP contribution is -2.31. The summed E-state index contributed by atoms with van der Waals surface area (Å²) >= 11 is 1.94. The molecule has 1 N–H and O–H groups in total. The molecule has 0 bridgehead atoms. The van der Waals surface area contributed by atoms with Gasteiger partial charge in [-0.2, -0.15) is 5.26 Å². The molecule has 0 radical (unpaired) electrons. The van der Waals surface area contributed by atoms with Gasteiger partial charge in [0.05, 0.1) is 17.0 Å². The number of rotatable bonds is 1. The maximum Gasteiger partial charge on any atom is 0.0991 e. The molecule has 0 spiro atoms. The van der Waals surface area contributed by atoms with Gasteiger partial charge in [0.1, 0.15) is 0 Å². The van der Waals surface area contributed by atoms with E-state index >= 15 is 0 Å². The summed E-state index contributed by atoms with van der Waals surface area (Å²) in [5.41, 5.74) is 2.00. The van der Waals surface area contributed by atoms with Gasteiger partial charge in [-0.15, -0.1) is 11.8 Å². The topological polar surface area (TPSA) is 35.8 Å². The Morgan fingerprint density at radius 1 is 1.40 bits per heavy atom. The molecule has 1 aliphatic heterocycles. The molecular formula is C12H14N2S. The molecule has 0 saturated carbocycles. The number of hydrogen-bond donors (Lipinski definition) is 1. The van der Waals surface area contributed by atoms with Crippen LogP contribution in [-0.2, 0) is 0 Å². The van der Waals surface area contributed by atoms with Gasteiger partial charge in [-0.1, -0.05) is 19.1 Å². The van der Waals surface area contributed by atoms with Crippen molar-refractivity contribution in [3.05, 3.63) is 35.4 Å². The van der Waals surface area contributed by atoms with Crippen LogP contribution >= 0.6 is 11.8 Å². The second-order valence-corrected chi connectivity index (χ2v) is 5.10. The minimum absolute atomic E-state index is 0.397. The van der Waals surface area contributed by atoms with E-state index in [2.05, 4.69) is 18.3 Å². The molecule has 15 heavy (non-hydrogen) atoms. The summed E-state index contributed by atoms with van der Waals surface area (Å²) in [4.78, 5) is 0. The molecule has 1 fully saturated rings. The number of benzene rings is 1. The molecular weight excluding hydrogens is 204 g/mol. The summed E-state index contributed by atoms with van der Waals surface area (Å²) in [6.07, 6.45) is 0. The van der Waals surface area contributed by atoms with Gasteiger partial charge in [0.15, 0.2) is 0 Å². The van der Waals surface area contributed by atoms with Crippen molar-refractivity contribution in [2.45, 2.75) is 12.3 Å². The lowest BCUT2D eigenvalue weighted by molar-refractivity contribution is 0.529. The minimum Gasteiger partial charge on any atom is -0.301 e. The highest BCUT2D eigenvalue weighted by molar-refractivity contribution is 7.99. The molecule has 0 aromatic heterocycles. The first-order valence-electron chi connectivity index (χ1n) is 5.14. The van der Waals surface area contributed by atoms with Gasteiger partial charge >= 0.3 is 0 Å². The number of thioether (sulfide) groups is 1. The summed E-state index contributed by atoms with van der Waals surface area (Å²) in [5.74, 6) is 1.96. The second-order valence-electron chi connectivity index (χ2n) is 3.96. The SMILES string of the molecule is CC1CNC(c2ccc(C#N)cc2)SC1. The van der Waals surface area contributed by atoms with Crippen molar-refractivity contribution in [2.75, 3.05) is 12.3 Å². The third-order valence-corrected chi connectivity index (χ3v) is 4.08. The quantitative estimate of drug-likeness (QED) is 0.786. The fourth-order valence-corrected chi connectivity index (χ4v) is 2.84. The van der Waals surface area contributed by atoms with E-state index in [4.69, 9.17) is 5.26 Å². The van der Waals surface area contributed by atoms with Crippen molar-refractivity contribution < 1.29 is 0 Å². The van der Waals surface area contributed by atoms with Crippen LogP contribution in [0, 0.1) is 17.2 Å². The van der Waals surface area contributed by atoms with Crippen LogP contribution in [0.1, 0.15) is 23.4 Å². The van der Waals surface area contributed by atoms with E-state index in [9.17, 15) is 0 Å². The third-order valence-electron chi connectivity index (χ3n) is 2.54. The van der Waals surface area contributed by atoms with Crippen molar-refractivity contribution in [3.63, 3.8) is 0 Å². The highest BCUT2D eigenvalue weighted by atomic mass is 32.2. The molecule has 1 saturated heterocycles. The molecule has 2 nitrogen and oxygen atoms in total. The molecule has 1 aliphatic rings. The van der Waals surface area contributed by atoms with Crippen molar-refractivity contribution in [2.24, 2.45) is 5.92 Å². The second kappa shape index (κ2) is 4.69. The average Bonchev–Trinajstić information content (AvgIpc) is 2.30. The first kappa shape index (κ1) is 10.5. The lowest BCUT2D eigenvalue weighted by atomic mass is 10.1. The van der Waals surface area contributed by atoms with E-state index in [-0.39, 0.29) is 0 Å². The highest BCUT2D eigenvalue weighted by Gasteiger charge is 2.18. The summed E-state index contributed by atoms with van der Waals surface area (Å²) in [7, 11) is 0. The molecule has 2 rings (SSSR count). The normalized spacial score (nSPS) is 25.9. The maximum atomic E-state index is 8.70. The number of nitrogens with one attached hydrogen (secondary N) is 1. The van der Waals surface area contributed by atoms with E-state index in [1.54, 1.807) is 0 Å². The van der Waals surface area contributed by atoms with Crippen LogP contribution in [0.4, 0.5) is 0 Å². The zero-order valence-corrected chi connectivity index (χ0v) is 9.55. The smallest absolute Gasteiger partial charge is 0.0991 e. The van der Waals surface area contributed by atoms with Gasteiger partial charge in [0, 0.05) is 0 Å². The summed E-state index contributed by atoms with van der Waals surface area (Å²) < 4.78 is 0. The Morgan fingerprint density at radius 3 is 2.67 bits per heavy atom. The molecule has 0 amide bonds. The van der Waals surface area contributed by atoms with E-state index < -0.39 is 0 Å². The molecule has 1 aromatic carbocycles. The molecule has 1 aromatic rings. The van der Waals surface area contributed by atoms with Crippen LogP contribution in [0.25, 0.3) is 0 Å². The van der Waals surface area contributed by atoms with Crippen molar-refractivity contribution in [3.8, 4) is 6.07 Å². The van der Waals surface area contributed by atoms with Gasteiger partial charge in [-0.3, -0.25) is 0 Å². The van der Waals surface area contributed by atoms with Crippen LogP contribution in [0.2, 0.25) is 0 Å². The van der Waals surface area contributed by atoms with Crippen LogP contribution in [-0.4, -0.2) is 12.3 Å². The van der Waals surface area contributed by atoms with Gasteiger partial charge in [0.25, 0.3) is 0 Å². The predicted octanol–water partition coefficient (Wildman–Crippen LogP) is 2.53. The summed E-state index contributed by atoms with van der Waals surface area (Å²) in [6, 6.07) is 9.99. The molecule has 3 heteroatoms. The number of nitriles is 1. The van der Waals surface area contributed by atoms with Crippen LogP contribution < -0.4 is 5.32 Å². The van der Waals surface area contributed by atoms with Gasteiger partial charge in [0.2, 0.25) is 0 Å². The Kier molecular flexibility index (Phi) is 3.30. The van der Waals surface area contributed by atoms with E-state index in [1.807, 2.05) is 36.0 Å². The van der Waals surface area contributed by atoms with Crippen LogP contribution in [0.15, 0.2) is 24.3 Å². The predicted molar refractivity (Wildman–Crippen MR) is 63.5 cm³/mol. The fourth-order valence-electron chi connectivity index (χ4n) is 1.63. The van der Waals surface area contributed by atoms with E-state index in [1.165, 1.54) is 11.3 Å². The van der Waals surface area contributed by atoms with Gasteiger partial charge in [-0.05, 0) is 35.9 Å². The Bertz CT molecular complexity index is 358. The molecule has 1 heterocycles. The highest BCUT2D eigenvalue weighted by Crippen LogP contribution is 2.31. The van der Waals surface area contributed by atoms with E-state index in [0.29, 0.717) is 5.37 Å². The Hall–Kier alpha value is -0.980. The molecule has 0 aliphatic carbocycles. The van der Waals surface area contributed by atoms with Gasteiger partial charge < -0.3 is 5.32 Å². The Morgan fingerprint density at radius 2 is 2.13 bits per heavy atom. The molecule has 2 unspecified atom stereocenters. The maximum absolute atomic E-state index is 8.70. The monoisotopic (exact) mass is 218 g/mol. The minimum atomic E-state index is 0.397. The Balaban J connectivity index is 2.07. The number of hydrogen-bond acceptors (Lipinski definition) is 3. The third kappa shape index (κ3) is 2.53. The summed E-state index contributed by atoms with van der Waals surface area (Å²) in [5, 5.41) is 12.6. The standard InChI is InChI=1S/C12H14N2S/c1-9-7-14-12(15-8-9)11-4-2-10(6-13)3-5-11/h2-5,9,12,14H,7-8H2,1H3. The lowest BCUT2D eigenvalue weighted by Gasteiger charge is -2.27. The summed E-state index contributed by atoms with van der Waals surface area (Å²) in [6.45, 7) is 3.34. The first-order valence-corrected chi connectivity index (χ1v) is 6.19. The van der Waals surface area contributed by atoms with Crippen molar-refractivity contribution >= 4 is 11.8 Å². The van der Waals surface area contributed by atoms with Crippen LogP contribution in [0.3, 0.4) is 0 Å². The average molecular weight is 218 g/mol. The van der Waals surface area contributed by atoms with Crippen molar-refractivity contribution in [1.29, 1.82) is 5.26 Å². The Labute approximate surface area is 94.7 Å². The fraction of sp³-hybridized carbons (Fsp3) is 0.417. The zero-order chi connectivity index (χ0) is 10.7. The first-order chi connectivity index (χ1) is 7.29. The molecule has 2 atom stereocenters.